The number of methoxy groups -OCH3 is 2. The van der Waals surface area contributed by atoms with Gasteiger partial charge >= 0.3 is 0 Å². The monoisotopic (exact) mass is 471 g/mol. The van der Waals surface area contributed by atoms with E-state index in [1.54, 1.807) is 30.3 Å². The van der Waals surface area contributed by atoms with E-state index in [1.165, 1.54) is 14.2 Å². The average Bonchev–Trinajstić information content (AvgIpc) is 2.79. The van der Waals surface area contributed by atoms with Gasteiger partial charge in [-0.2, -0.15) is 5.26 Å². The molecule has 32 heavy (non-hydrogen) atoms. The molecule has 2 aromatic rings. The summed E-state index contributed by atoms with van der Waals surface area (Å²) in [7, 11) is 3.06. The van der Waals surface area contributed by atoms with E-state index in [9.17, 15) is 14.9 Å². The summed E-state index contributed by atoms with van der Waals surface area (Å²) in [5.74, 6) is 0.139. The van der Waals surface area contributed by atoms with Gasteiger partial charge in [0.25, 0.3) is 0 Å². The topological polar surface area (TPSA) is 100 Å². The van der Waals surface area contributed by atoms with Gasteiger partial charge in [-0.1, -0.05) is 35.5 Å². The SMILES string of the molecule is COc1ccc([C@@H]2CC(=O)NC(SCC(=O)Nc3ccc(C)c(Cl)c3)=C2C#N)cc1OC. The van der Waals surface area contributed by atoms with Crippen LogP contribution in [0.25, 0.3) is 0 Å². The van der Waals surface area contributed by atoms with Crippen molar-refractivity contribution in [1.82, 2.24) is 5.32 Å². The lowest BCUT2D eigenvalue weighted by Crippen LogP contribution is -2.31. The first-order valence-electron chi connectivity index (χ1n) is 9.71. The quantitative estimate of drug-likeness (QED) is 0.621. The van der Waals surface area contributed by atoms with Crippen LogP contribution in [0.2, 0.25) is 5.02 Å². The summed E-state index contributed by atoms with van der Waals surface area (Å²) in [5.41, 5.74) is 2.64. The number of nitrogens with zero attached hydrogens (tertiary/aromatic N) is 1. The summed E-state index contributed by atoms with van der Waals surface area (Å²) < 4.78 is 10.6. The maximum atomic E-state index is 12.4. The third kappa shape index (κ3) is 5.36. The highest BCUT2D eigenvalue weighted by Crippen LogP contribution is 2.39. The number of rotatable bonds is 7. The summed E-state index contributed by atoms with van der Waals surface area (Å²) in [6, 6.07) is 12.8. The van der Waals surface area contributed by atoms with Gasteiger partial charge in [0.1, 0.15) is 0 Å². The minimum atomic E-state index is -0.449. The van der Waals surface area contributed by atoms with Crippen LogP contribution in [0.1, 0.15) is 23.5 Å². The smallest absolute Gasteiger partial charge is 0.234 e. The van der Waals surface area contributed by atoms with Gasteiger partial charge in [-0.15, -0.1) is 0 Å². The van der Waals surface area contributed by atoms with Gasteiger partial charge in [0.05, 0.1) is 36.6 Å². The lowest BCUT2D eigenvalue weighted by Gasteiger charge is -2.25. The molecule has 0 aliphatic carbocycles. The molecule has 1 atom stereocenters. The average molecular weight is 472 g/mol. The van der Waals surface area contributed by atoms with Crippen molar-refractivity contribution in [1.29, 1.82) is 5.26 Å². The van der Waals surface area contributed by atoms with Crippen molar-refractivity contribution in [3.8, 4) is 17.6 Å². The Bertz CT molecular complexity index is 1130. The molecule has 0 aromatic heterocycles. The number of ether oxygens (including phenoxy) is 2. The van der Waals surface area contributed by atoms with Crippen LogP contribution in [-0.4, -0.2) is 31.8 Å². The zero-order chi connectivity index (χ0) is 23.3. The highest BCUT2D eigenvalue weighted by atomic mass is 35.5. The normalized spacial score (nSPS) is 15.6. The van der Waals surface area contributed by atoms with E-state index in [0.717, 1.165) is 22.9 Å². The molecular weight excluding hydrogens is 450 g/mol. The number of hydrogen-bond donors (Lipinski definition) is 2. The maximum Gasteiger partial charge on any atom is 0.234 e. The predicted molar refractivity (Wildman–Crippen MR) is 125 cm³/mol. The molecule has 1 aliphatic heterocycles. The van der Waals surface area contributed by atoms with Gasteiger partial charge in [-0.25, -0.2) is 0 Å². The largest absolute Gasteiger partial charge is 0.493 e. The molecule has 7 nitrogen and oxygen atoms in total. The van der Waals surface area contributed by atoms with E-state index in [-0.39, 0.29) is 24.0 Å². The Balaban J connectivity index is 1.79. The second kappa shape index (κ2) is 10.4. The van der Waals surface area contributed by atoms with Crippen LogP contribution in [0.3, 0.4) is 0 Å². The molecule has 0 radical (unpaired) electrons. The van der Waals surface area contributed by atoms with Crippen LogP contribution in [0.4, 0.5) is 5.69 Å². The van der Waals surface area contributed by atoms with Gasteiger partial charge in [0, 0.05) is 23.0 Å². The minimum Gasteiger partial charge on any atom is -0.493 e. The molecule has 2 amide bonds. The first-order valence-corrected chi connectivity index (χ1v) is 11.1. The molecule has 9 heteroatoms. The second-order valence-corrected chi connectivity index (χ2v) is 8.47. The number of anilines is 1. The number of benzene rings is 2. The number of aryl methyl sites for hydroxylation is 1. The zero-order valence-electron chi connectivity index (χ0n) is 17.8. The highest BCUT2D eigenvalue weighted by Gasteiger charge is 2.30. The van der Waals surface area contributed by atoms with Crippen LogP contribution in [-0.2, 0) is 9.59 Å². The lowest BCUT2D eigenvalue weighted by molar-refractivity contribution is -0.121. The molecule has 0 spiro atoms. The molecular formula is C23H22ClN3O4S. The van der Waals surface area contributed by atoms with Crippen LogP contribution in [0.15, 0.2) is 47.0 Å². The van der Waals surface area contributed by atoms with Crippen molar-refractivity contribution < 1.29 is 19.1 Å². The van der Waals surface area contributed by atoms with Crippen molar-refractivity contribution in [2.45, 2.75) is 19.3 Å². The fourth-order valence-corrected chi connectivity index (χ4v) is 4.35. The van der Waals surface area contributed by atoms with Gasteiger partial charge in [-0.05, 0) is 42.3 Å². The van der Waals surface area contributed by atoms with Gasteiger partial charge in [-0.3, -0.25) is 9.59 Å². The third-order valence-electron chi connectivity index (χ3n) is 4.97. The predicted octanol–water partition coefficient (Wildman–Crippen LogP) is 4.38. The van der Waals surface area contributed by atoms with Crippen molar-refractivity contribution in [2.75, 3.05) is 25.3 Å². The molecule has 0 fully saturated rings. The molecule has 3 rings (SSSR count). The number of halogens is 1. The van der Waals surface area contributed by atoms with Crippen LogP contribution < -0.4 is 20.1 Å². The Morgan fingerprint density at radius 3 is 2.66 bits per heavy atom. The highest BCUT2D eigenvalue weighted by molar-refractivity contribution is 8.03. The van der Waals surface area contributed by atoms with Crippen LogP contribution in [0.5, 0.6) is 11.5 Å². The van der Waals surface area contributed by atoms with Crippen molar-refractivity contribution in [3.63, 3.8) is 0 Å². The number of allylic oxidation sites excluding steroid dienone is 1. The number of thioether (sulfide) groups is 1. The number of hydrogen-bond acceptors (Lipinski definition) is 6. The number of nitrogens with one attached hydrogen (secondary N) is 2. The number of carbonyl (C=O) groups excluding carboxylic acids is 2. The summed E-state index contributed by atoms with van der Waals surface area (Å²) in [6.07, 6.45) is 0.122. The van der Waals surface area contributed by atoms with Crippen molar-refractivity contribution in [3.05, 3.63) is 63.1 Å². The zero-order valence-corrected chi connectivity index (χ0v) is 19.4. The summed E-state index contributed by atoms with van der Waals surface area (Å²) in [5, 5.41) is 16.3. The molecule has 0 bridgehead atoms. The Labute approximate surface area is 195 Å². The fraction of sp³-hybridized carbons (Fsp3) is 0.261. The molecule has 1 aliphatic rings. The fourth-order valence-electron chi connectivity index (χ4n) is 3.29. The minimum absolute atomic E-state index is 0.0188. The van der Waals surface area contributed by atoms with Crippen molar-refractivity contribution in [2.24, 2.45) is 0 Å². The summed E-state index contributed by atoms with van der Waals surface area (Å²) >= 11 is 7.21. The Morgan fingerprint density at radius 2 is 2.00 bits per heavy atom. The molecule has 2 aromatic carbocycles. The lowest BCUT2D eigenvalue weighted by atomic mass is 9.87. The molecule has 0 saturated carbocycles. The number of amides is 2. The van der Waals surface area contributed by atoms with E-state index in [1.807, 2.05) is 13.0 Å². The summed E-state index contributed by atoms with van der Waals surface area (Å²) in [4.78, 5) is 24.8. The van der Waals surface area contributed by atoms with E-state index in [2.05, 4.69) is 16.7 Å². The van der Waals surface area contributed by atoms with E-state index in [4.69, 9.17) is 21.1 Å². The number of nitriles is 1. The first kappa shape index (κ1) is 23.5. The van der Waals surface area contributed by atoms with E-state index in [0.29, 0.717) is 32.8 Å². The molecule has 166 valence electrons. The third-order valence-corrected chi connectivity index (χ3v) is 6.39. The second-order valence-electron chi connectivity index (χ2n) is 7.07. The summed E-state index contributed by atoms with van der Waals surface area (Å²) in [6.45, 7) is 1.88. The van der Waals surface area contributed by atoms with E-state index >= 15 is 0 Å². The Kier molecular flexibility index (Phi) is 7.67. The Morgan fingerprint density at radius 1 is 1.25 bits per heavy atom. The van der Waals surface area contributed by atoms with Gasteiger partial charge in [0.2, 0.25) is 11.8 Å². The van der Waals surface area contributed by atoms with E-state index < -0.39 is 5.92 Å². The molecule has 2 N–H and O–H groups in total. The van der Waals surface area contributed by atoms with Crippen LogP contribution >= 0.6 is 23.4 Å². The van der Waals surface area contributed by atoms with Crippen molar-refractivity contribution >= 4 is 40.9 Å². The van der Waals surface area contributed by atoms with Gasteiger partial charge in [0.15, 0.2) is 11.5 Å². The molecule has 0 unspecified atom stereocenters. The van der Waals surface area contributed by atoms with Crippen LogP contribution in [0, 0.1) is 18.3 Å². The molecule has 1 heterocycles. The Hall–Kier alpha value is -3.15. The van der Waals surface area contributed by atoms with Gasteiger partial charge < -0.3 is 20.1 Å². The first-order chi connectivity index (χ1) is 15.4. The molecule has 0 saturated heterocycles. The maximum absolute atomic E-state index is 12.4. The number of carbonyl (C=O) groups is 2. The standard InChI is InChI=1S/C23H22ClN3O4S/c1-13-4-6-15(9-18(13)24)26-22(29)12-32-23-17(11-25)16(10-21(28)27-23)14-5-7-19(30-2)20(8-14)31-3/h4-9,16H,10,12H2,1-3H3,(H,26,29)(H,27,28)/t16-/m0/s1.